The number of furan rings is 1. The number of hydrogen-bond acceptors (Lipinski definition) is 4. The molecule has 2 N–H and O–H groups in total. The molecule has 0 unspecified atom stereocenters. The van der Waals surface area contributed by atoms with Gasteiger partial charge in [-0.3, -0.25) is 0 Å². The van der Waals surface area contributed by atoms with E-state index in [0.29, 0.717) is 5.76 Å². The third-order valence-corrected chi connectivity index (χ3v) is 3.91. The van der Waals surface area contributed by atoms with Gasteiger partial charge in [0.25, 0.3) is 10.0 Å². The van der Waals surface area contributed by atoms with E-state index in [9.17, 15) is 13.2 Å². The molecule has 1 heterocycles. The number of carbonyl (C=O) groups is 1. The Bertz CT molecular complexity index is 676. The number of sulfonamides is 1. The second-order valence-electron chi connectivity index (χ2n) is 4.18. The molecule has 2 amide bonds. The fraction of sp³-hybridized carbons (Fsp3) is 0.154. The summed E-state index contributed by atoms with van der Waals surface area (Å²) in [6.45, 7) is 1.96. The average Bonchev–Trinajstić information content (AvgIpc) is 2.89. The van der Waals surface area contributed by atoms with Gasteiger partial charge >= 0.3 is 6.03 Å². The predicted molar refractivity (Wildman–Crippen MR) is 72.4 cm³/mol. The molecule has 0 spiro atoms. The first-order chi connectivity index (χ1) is 9.47. The van der Waals surface area contributed by atoms with Crippen molar-refractivity contribution in [2.24, 2.45) is 0 Å². The van der Waals surface area contributed by atoms with Crippen molar-refractivity contribution in [2.75, 3.05) is 0 Å². The van der Waals surface area contributed by atoms with Crippen LogP contribution in [0, 0.1) is 6.92 Å². The summed E-state index contributed by atoms with van der Waals surface area (Å²) < 4.78 is 30.8. The van der Waals surface area contributed by atoms with Crippen LogP contribution in [-0.2, 0) is 16.6 Å². The first kappa shape index (κ1) is 14.1. The van der Waals surface area contributed by atoms with Crippen LogP contribution in [0.3, 0.4) is 0 Å². The lowest BCUT2D eigenvalue weighted by atomic mass is 10.2. The summed E-state index contributed by atoms with van der Waals surface area (Å²) in [7, 11) is -3.86. The van der Waals surface area contributed by atoms with E-state index in [1.165, 1.54) is 18.4 Å². The smallest absolute Gasteiger partial charge is 0.329 e. The van der Waals surface area contributed by atoms with Crippen LogP contribution in [0.5, 0.6) is 0 Å². The van der Waals surface area contributed by atoms with Crippen molar-refractivity contribution in [1.82, 2.24) is 10.0 Å². The molecular weight excluding hydrogens is 280 g/mol. The first-order valence-corrected chi connectivity index (χ1v) is 7.35. The van der Waals surface area contributed by atoms with Crippen molar-refractivity contribution in [1.29, 1.82) is 0 Å². The lowest BCUT2D eigenvalue weighted by Gasteiger charge is -2.08. The largest absolute Gasteiger partial charge is 0.467 e. The Labute approximate surface area is 116 Å². The minimum atomic E-state index is -3.86. The molecule has 0 aliphatic rings. The summed E-state index contributed by atoms with van der Waals surface area (Å²) in [4.78, 5) is 11.6. The Hall–Kier alpha value is -2.28. The van der Waals surface area contributed by atoms with E-state index in [2.05, 4.69) is 5.32 Å². The van der Waals surface area contributed by atoms with Crippen LogP contribution in [0.4, 0.5) is 4.79 Å². The molecule has 2 aromatic rings. The van der Waals surface area contributed by atoms with E-state index in [1.54, 1.807) is 24.3 Å². The van der Waals surface area contributed by atoms with E-state index in [-0.39, 0.29) is 11.4 Å². The number of benzene rings is 1. The molecule has 0 saturated heterocycles. The topological polar surface area (TPSA) is 88.4 Å². The maximum absolute atomic E-state index is 11.9. The van der Waals surface area contributed by atoms with Gasteiger partial charge in [0.2, 0.25) is 0 Å². The number of aryl methyl sites for hydroxylation is 1. The number of urea groups is 1. The molecule has 6 nitrogen and oxygen atoms in total. The van der Waals surface area contributed by atoms with Crippen LogP contribution in [0.25, 0.3) is 0 Å². The molecule has 1 aromatic carbocycles. The van der Waals surface area contributed by atoms with Crippen molar-refractivity contribution in [2.45, 2.75) is 18.4 Å². The van der Waals surface area contributed by atoms with Gasteiger partial charge in [0.1, 0.15) is 5.76 Å². The molecule has 0 bridgehead atoms. The zero-order chi connectivity index (χ0) is 14.6. The van der Waals surface area contributed by atoms with E-state index >= 15 is 0 Å². The van der Waals surface area contributed by atoms with Gasteiger partial charge in [0.05, 0.1) is 17.7 Å². The molecule has 0 saturated carbocycles. The summed E-state index contributed by atoms with van der Waals surface area (Å²) in [6, 6.07) is 8.76. The molecule has 20 heavy (non-hydrogen) atoms. The number of rotatable bonds is 4. The van der Waals surface area contributed by atoms with Crippen LogP contribution in [0.2, 0.25) is 0 Å². The molecule has 0 atom stereocenters. The summed E-state index contributed by atoms with van der Waals surface area (Å²) in [5, 5.41) is 2.40. The summed E-state index contributed by atoms with van der Waals surface area (Å²) in [6.07, 6.45) is 1.47. The molecule has 2 rings (SSSR count). The molecule has 0 fully saturated rings. The van der Waals surface area contributed by atoms with Gasteiger partial charge in [-0.05, 0) is 31.2 Å². The van der Waals surface area contributed by atoms with Gasteiger partial charge in [0, 0.05) is 0 Å². The zero-order valence-electron chi connectivity index (χ0n) is 10.8. The maximum Gasteiger partial charge on any atom is 0.329 e. The molecule has 0 aliphatic carbocycles. The highest BCUT2D eigenvalue weighted by Gasteiger charge is 2.17. The Balaban J connectivity index is 1.97. The normalized spacial score (nSPS) is 11.1. The van der Waals surface area contributed by atoms with Gasteiger partial charge in [0.15, 0.2) is 0 Å². The standard InChI is InChI=1S/C13H14N2O4S/c1-10-4-6-12(7-5-10)20(17,18)15-13(16)14-9-11-3-2-8-19-11/h2-8H,9H2,1H3,(H2,14,15,16). The summed E-state index contributed by atoms with van der Waals surface area (Å²) in [5.74, 6) is 0.535. The average molecular weight is 294 g/mol. The second kappa shape index (κ2) is 5.79. The number of nitrogens with one attached hydrogen (secondary N) is 2. The van der Waals surface area contributed by atoms with Crippen molar-refractivity contribution in [3.8, 4) is 0 Å². The van der Waals surface area contributed by atoms with Crippen LogP contribution in [0.15, 0.2) is 52.0 Å². The molecule has 0 radical (unpaired) electrons. The lowest BCUT2D eigenvalue weighted by molar-refractivity contribution is 0.244. The van der Waals surface area contributed by atoms with Crippen molar-refractivity contribution >= 4 is 16.1 Å². The van der Waals surface area contributed by atoms with Gasteiger partial charge in [-0.25, -0.2) is 17.9 Å². The van der Waals surface area contributed by atoms with E-state index < -0.39 is 16.1 Å². The monoisotopic (exact) mass is 294 g/mol. The van der Waals surface area contributed by atoms with Gasteiger partial charge in [-0.15, -0.1) is 0 Å². The lowest BCUT2D eigenvalue weighted by Crippen LogP contribution is -2.38. The second-order valence-corrected chi connectivity index (χ2v) is 5.86. The first-order valence-electron chi connectivity index (χ1n) is 5.87. The highest BCUT2D eigenvalue weighted by molar-refractivity contribution is 7.90. The zero-order valence-corrected chi connectivity index (χ0v) is 11.6. The third-order valence-electron chi connectivity index (χ3n) is 2.56. The summed E-state index contributed by atoms with van der Waals surface area (Å²) in [5.41, 5.74) is 0.936. The minimum absolute atomic E-state index is 0.0382. The van der Waals surface area contributed by atoms with Gasteiger partial charge < -0.3 is 9.73 Å². The highest BCUT2D eigenvalue weighted by Crippen LogP contribution is 2.09. The quantitative estimate of drug-likeness (QED) is 0.899. The van der Waals surface area contributed by atoms with Crippen molar-refractivity contribution < 1.29 is 17.6 Å². The minimum Gasteiger partial charge on any atom is -0.467 e. The van der Waals surface area contributed by atoms with Crippen LogP contribution in [0.1, 0.15) is 11.3 Å². The van der Waals surface area contributed by atoms with E-state index in [4.69, 9.17) is 4.42 Å². The Morgan fingerprint density at radius 2 is 1.90 bits per heavy atom. The van der Waals surface area contributed by atoms with Gasteiger partial charge in [-0.1, -0.05) is 17.7 Å². The Morgan fingerprint density at radius 3 is 2.50 bits per heavy atom. The molecule has 1 aromatic heterocycles. The molecule has 0 aliphatic heterocycles. The highest BCUT2D eigenvalue weighted by atomic mass is 32.2. The number of hydrogen-bond donors (Lipinski definition) is 2. The SMILES string of the molecule is Cc1ccc(S(=O)(=O)NC(=O)NCc2ccco2)cc1. The number of carbonyl (C=O) groups excluding carboxylic acids is 1. The van der Waals surface area contributed by atoms with Gasteiger partial charge in [-0.2, -0.15) is 0 Å². The molecule has 106 valence electrons. The molecular formula is C13H14N2O4S. The fourth-order valence-electron chi connectivity index (χ4n) is 1.52. The maximum atomic E-state index is 11.9. The summed E-state index contributed by atoms with van der Waals surface area (Å²) >= 11 is 0. The fourth-order valence-corrected chi connectivity index (χ4v) is 2.44. The van der Waals surface area contributed by atoms with Crippen LogP contribution >= 0.6 is 0 Å². The Morgan fingerprint density at radius 1 is 1.20 bits per heavy atom. The predicted octanol–water partition coefficient (Wildman–Crippen LogP) is 1.78. The Kier molecular flexibility index (Phi) is 4.09. The van der Waals surface area contributed by atoms with Crippen molar-refractivity contribution in [3.63, 3.8) is 0 Å². The van der Waals surface area contributed by atoms with Crippen molar-refractivity contribution in [3.05, 3.63) is 54.0 Å². The molecule has 7 heteroatoms. The van der Waals surface area contributed by atoms with E-state index in [1.807, 2.05) is 11.6 Å². The van der Waals surface area contributed by atoms with Crippen LogP contribution in [-0.4, -0.2) is 14.4 Å². The van der Waals surface area contributed by atoms with Crippen LogP contribution < -0.4 is 10.0 Å². The third kappa shape index (κ3) is 3.61. The number of amides is 2. The van der Waals surface area contributed by atoms with E-state index in [0.717, 1.165) is 5.56 Å².